The lowest BCUT2D eigenvalue weighted by Crippen LogP contribution is -2.48. The summed E-state index contributed by atoms with van der Waals surface area (Å²) in [6.45, 7) is 13.1. The zero-order valence-electron chi connectivity index (χ0n) is 14.0. The first kappa shape index (κ1) is 16.5. The molecular formula is C17H28N2OS. The molecule has 1 aromatic heterocycles. The monoisotopic (exact) mass is 308 g/mol. The van der Waals surface area contributed by atoms with Crippen LogP contribution in [0.4, 0.5) is 0 Å². The lowest BCUT2D eigenvalue weighted by molar-refractivity contribution is -0.131. The Bertz CT molecular complexity index is 499. The van der Waals surface area contributed by atoms with Crippen LogP contribution in [0.25, 0.3) is 0 Å². The third-order valence-corrected chi connectivity index (χ3v) is 4.87. The molecule has 0 saturated carbocycles. The third-order valence-electron chi connectivity index (χ3n) is 3.85. The van der Waals surface area contributed by atoms with E-state index in [1.165, 1.54) is 10.4 Å². The number of amides is 1. The van der Waals surface area contributed by atoms with Crippen LogP contribution in [0.15, 0.2) is 11.4 Å². The second-order valence-corrected chi connectivity index (χ2v) is 8.91. The minimum atomic E-state index is -0.0166. The van der Waals surface area contributed by atoms with E-state index >= 15 is 0 Å². The fraction of sp³-hybridized carbons (Fsp3) is 0.706. The van der Waals surface area contributed by atoms with Gasteiger partial charge in [0, 0.05) is 23.5 Å². The normalized spacial score (nSPS) is 16.0. The molecule has 118 valence electrons. The van der Waals surface area contributed by atoms with Crippen molar-refractivity contribution in [1.29, 1.82) is 0 Å². The number of carbonyl (C=O) groups excluding carboxylic acids is 1. The summed E-state index contributed by atoms with van der Waals surface area (Å²) < 4.78 is 0. The van der Waals surface area contributed by atoms with Gasteiger partial charge in [0.1, 0.15) is 0 Å². The van der Waals surface area contributed by atoms with Gasteiger partial charge in [0.15, 0.2) is 0 Å². The summed E-state index contributed by atoms with van der Waals surface area (Å²) in [6, 6.07) is 2.15. The van der Waals surface area contributed by atoms with Crippen molar-refractivity contribution in [2.24, 2.45) is 5.41 Å². The minimum absolute atomic E-state index is 0.0166. The van der Waals surface area contributed by atoms with Gasteiger partial charge in [0.25, 0.3) is 0 Å². The largest absolute Gasteiger partial charge is 0.337 e. The highest BCUT2D eigenvalue weighted by Gasteiger charge is 2.27. The standard InChI is InChI=1S/C17H28N2OS/c1-16(2,3)12-17(4,5)18-10-15(20)19-8-6-14-13(11-19)7-9-21-14/h7,9,18H,6,8,10-12H2,1-5H3. The Morgan fingerprint density at radius 2 is 2.05 bits per heavy atom. The van der Waals surface area contributed by atoms with Gasteiger partial charge in [-0.05, 0) is 49.1 Å². The van der Waals surface area contributed by atoms with Crippen LogP contribution in [0.2, 0.25) is 0 Å². The molecule has 0 aliphatic carbocycles. The molecule has 1 amide bonds. The molecule has 0 unspecified atom stereocenters. The highest BCUT2D eigenvalue weighted by molar-refractivity contribution is 7.10. The van der Waals surface area contributed by atoms with Crippen molar-refractivity contribution in [1.82, 2.24) is 10.2 Å². The molecule has 0 radical (unpaired) electrons. The quantitative estimate of drug-likeness (QED) is 0.924. The molecule has 2 rings (SSSR count). The van der Waals surface area contributed by atoms with E-state index < -0.39 is 0 Å². The molecule has 0 bridgehead atoms. The van der Waals surface area contributed by atoms with Crippen molar-refractivity contribution in [2.45, 2.75) is 59.5 Å². The van der Waals surface area contributed by atoms with E-state index in [9.17, 15) is 4.79 Å². The van der Waals surface area contributed by atoms with E-state index in [1.54, 1.807) is 0 Å². The van der Waals surface area contributed by atoms with Crippen LogP contribution in [0.1, 0.15) is 51.5 Å². The van der Waals surface area contributed by atoms with Gasteiger partial charge in [0.05, 0.1) is 6.54 Å². The van der Waals surface area contributed by atoms with Crippen molar-refractivity contribution in [2.75, 3.05) is 13.1 Å². The van der Waals surface area contributed by atoms with E-state index in [0.717, 1.165) is 25.9 Å². The second-order valence-electron chi connectivity index (χ2n) is 7.91. The van der Waals surface area contributed by atoms with Crippen molar-refractivity contribution < 1.29 is 4.79 Å². The second kappa shape index (κ2) is 6.09. The van der Waals surface area contributed by atoms with Crippen LogP contribution in [0.3, 0.4) is 0 Å². The Morgan fingerprint density at radius 1 is 1.33 bits per heavy atom. The number of thiophene rings is 1. The maximum absolute atomic E-state index is 12.4. The van der Waals surface area contributed by atoms with Crippen molar-refractivity contribution in [3.05, 3.63) is 21.9 Å². The first-order valence-corrected chi connectivity index (χ1v) is 8.62. The lowest BCUT2D eigenvalue weighted by Gasteiger charge is -2.34. The topological polar surface area (TPSA) is 32.3 Å². The van der Waals surface area contributed by atoms with Crippen LogP contribution < -0.4 is 5.32 Å². The van der Waals surface area contributed by atoms with Crippen molar-refractivity contribution in [3.63, 3.8) is 0 Å². The van der Waals surface area contributed by atoms with Gasteiger partial charge >= 0.3 is 0 Å². The lowest BCUT2D eigenvalue weighted by atomic mass is 9.82. The third kappa shape index (κ3) is 4.82. The molecule has 1 aromatic rings. The molecule has 0 fully saturated rings. The molecule has 2 heterocycles. The van der Waals surface area contributed by atoms with Gasteiger partial charge < -0.3 is 10.2 Å². The SMILES string of the molecule is CC(C)(C)CC(C)(C)NCC(=O)N1CCc2sccc2C1. The van der Waals surface area contributed by atoms with Crippen LogP contribution >= 0.6 is 11.3 Å². The number of hydrogen-bond acceptors (Lipinski definition) is 3. The zero-order valence-corrected chi connectivity index (χ0v) is 14.8. The van der Waals surface area contributed by atoms with Gasteiger partial charge in [-0.25, -0.2) is 0 Å². The van der Waals surface area contributed by atoms with E-state index in [4.69, 9.17) is 0 Å². The minimum Gasteiger partial charge on any atom is -0.337 e. The smallest absolute Gasteiger partial charge is 0.236 e. The van der Waals surface area contributed by atoms with Gasteiger partial charge in [-0.2, -0.15) is 0 Å². The molecule has 3 nitrogen and oxygen atoms in total. The fourth-order valence-corrected chi connectivity index (χ4v) is 4.17. The van der Waals surface area contributed by atoms with Gasteiger partial charge in [-0.3, -0.25) is 4.79 Å². The molecule has 1 N–H and O–H groups in total. The molecule has 0 spiro atoms. The highest BCUT2D eigenvalue weighted by Crippen LogP contribution is 2.27. The molecule has 1 aliphatic rings. The van der Waals surface area contributed by atoms with E-state index in [2.05, 4.69) is 51.4 Å². The molecule has 1 aliphatic heterocycles. The Labute approximate surface area is 132 Å². The summed E-state index contributed by atoms with van der Waals surface area (Å²) in [7, 11) is 0. The van der Waals surface area contributed by atoms with Gasteiger partial charge in [0.2, 0.25) is 5.91 Å². The first-order valence-electron chi connectivity index (χ1n) is 7.74. The summed E-state index contributed by atoms with van der Waals surface area (Å²) in [5, 5.41) is 5.57. The van der Waals surface area contributed by atoms with Crippen molar-refractivity contribution in [3.8, 4) is 0 Å². The van der Waals surface area contributed by atoms with E-state index in [1.807, 2.05) is 16.2 Å². The predicted octanol–water partition coefficient (Wildman–Crippen LogP) is 3.44. The Morgan fingerprint density at radius 3 is 2.71 bits per heavy atom. The molecule has 0 aromatic carbocycles. The molecule has 0 saturated heterocycles. The number of carbonyl (C=O) groups is 1. The van der Waals surface area contributed by atoms with Crippen molar-refractivity contribution >= 4 is 17.2 Å². The summed E-state index contributed by atoms with van der Waals surface area (Å²) in [5.74, 6) is 0.217. The average molecular weight is 308 g/mol. The highest BCUT2D eigenvalue weighted by atomic mass is 32.1. The number of nitrogens with one attached hydrogen (secondary N) is 1. The van der Waals surface area contributed by atoms with Crippen LogP contribution in [0, 0.1) is 5.41 Å². The number of hydrogen-bond donors (Lipinski definition) is 1. The summed E-state index contributed by atoms with van der Waals surface area (Å²) in [6.07, 6.45) is 2.05. The zero-order chi connectivity index (χ0) is 15.7. The molecule has 4 heteroatoms. The molecule has 21 heavy (non-hydrogen) atoms. The Kier molecular flexibility index (Phi) is 4.79. The maximum Gasteiger partial charge on any atom is 0.236 e. The Balaban J connectivity index is 1.85. The number of rotatable bonds is 4. The fourth-order valence-electron chi connectivity index (χ4n) is 3.28. The predicted molar refractivity (Wildman–Crippen MR) is 89.6 cm³/mol. The summed E-state index contributed by atoms with van der Waals surface area (Å²) in [4.78, 5) is 15.8. The molecular weight excluding hydrogens is 280 g/mol. The summed E-state index contributed by atoms with van der Waals surface area (Å²) in [5.41, 5.74) is 1.57. The first-order chi connectivity index (χ1) is 9.66. The van der Waals surface area contributed by atoms with Crippen LogP contribution in [0.5, 0.6) is 0 Å². The Hall–Kier alpha value is -0.870. The molecule has 0 atom stereocenters. The number of nitrogens with zero attached hydrogens (tertiary/aromatic N) is 1. The van der Waals surface area contributed by atoms with Gasteiger partial charge in [-0.15, -0.1) is 11.3 Å². The van der Waals surface area contributed by atoms with Crippen LogP contribution in [-0.2, 0) is 17.8 Å². The van der Waals surface area contributed by atoms with Gasteiger partial charge in [-0.1, -0.05) is 20.8 Å². The maximum atomic E-state index is 12.4. The van der Waals surface area contributed by atoms with Crippen LogP contribution in [-0.4, -0.2) is 29.4 Å². The van der Waals surface area contributed by atoms with E-state index in [-0.39, 0.29) is 16.9 Å². The summed E-state index contributed by atoms with van der Waals surface area (Å²) >= 11 is 1.81. The average Bonchev–Trinajstić information content (AvgIpc) is 2.80. The number of fused-ring (bicyclic) bond motifs is 1. The van der Waals surface area contributed by atoms with E-state index in [0.29, 0.717) is 6.54 Å².